The van der Waals surface area contributed by atoms with Crippen LogP contribution in [0.4, 0.5) is 4.79 Å². The Morgan fingerprint density at radius 2 is 1.66 bits per heavy atom. The van der Waals surface area contributed by atoms with Crippen LogP contribution in [0, 0.1) is 11.8 Å². The number of aliphatic carboxylic acids is 1. The van der Waals surface area contributed by atoms with E-state index in [1.54, 1.807) is 0 Å². The van der Waals surface area contributed by atoms with E-state index in [1.165, 1.54) is 22.3 Å². The highest BCUT2D eigenvalue weighted by Crippen LogP contribution is 2.44. The van der Waals surface area contributed by atoms with E-state index >= 15 is 0 Å². The monoisotopic (exact) mass is 478 g/mol. The van der Waals surface area contributed by atoms with Gasteiger partial charge in [-0.05, 0) is 60.8 Å². The first kappa shape index (κ1) is 24.8. The van der Waals surface area contributed by atoms with Crippen LogP contribution >= 0.6 is 0 Å². The van der Waals surface area contributed by atoms with E-state index in [-0.39, 0.29) is 36.9 Å². The van der Waals surface area contributed by atoms with E-state index in [1.807, 2.05) is 31.2 Å². The summed E-state index contributed by atoms with van der Waals surface area (Å²) in [5, 5.41) is 15.0. The van der Waals surface area contributed by atoms with Crippen LogP contribution in [0.15, 0.2) is 48.5 Å². The number of carboxylic acids is 1. The van der Waals surface area contributed by atoms with Crippen molar-refractivity contribution in [2.45, 2.75) is 57.4 Å². The lowest BCUT2D eigenvalue weighted by Gasteiger charge is -2.31. The molecular formula is C28H34N2O5. The minimum absolute atomic E-state index is 0.0155. The normalized spacial score (nSPS) is 16.4. The number of carbonyl (C=O) groups is 3. The minimum Gasteiger partial charge on any atom is -0.481 e. The molecule has 7 nitrogen and oxygen atoms in total. The van der Waals surface area contributed by atoms with Gasteiger partial charge in [0.2, 0.25) is 5.91 Å². The molecular weight excluding hydrogens is 444 g/mol. The molecule has 0 radical (unpaired) electrons. The van der Waals surface area contributed by atoms with Crippen molar-refractivity contribution in [3.8, 4) is 11.1 Å². The molecule has 1 saturated carbocycles. The molecule has 0 saturated heterocycles. The van der Waals surface area contributed by atoms with Crippen LogP contribution in [0.5, 0.6) is 0 Å². The fourth-order valence-electron chi connectivity index (χ4n) is 5.09. The van der Waals surface area contributed by atoms with Gasteiger partial charge < -0.3 is 20.5 Å². The van der Waals surface area contributed by atoms with Crippen LogP contribution in [-0.2, 0) is 14.3 Å². The largest absolute Gasteiger partial charge is 0.481 e. The van der Waals surface area contributed by atoms with Gasteiger partial charge in [-0.2, -0.15) is 0 Å². The van der Waals surface area contributed by atoms with Crippen LogP contribution < -0.4 is 10.6 Å². The number of rotatable bonds is 11. The summed E-state index contributed by atoms with van der Waals surface area (Å²) < 4.78 is 5.58. The van der Waals surface area contributed by atoms with Crippen molar-refractivity contribution >= 4 is 18.0 Å². The van der Waals surface area contributed by atoms with Crippen molar-refractivity contribution in [3.63, 3.8) is 0 Å². The first-order valence-electron chi connectivity index (χ1n) is 12.5. The fraction of sp³-hybridized carbons (Fsp3) is 0.464. The number of alkyl carbamates (subject to hydrolysis) is 1. The first-order chi connectivity index (χ1) is 16.9. The molecule has 0 aliphatic heterocycles. The maximum absolute atomic E-state index is 12.4. The van der Waals surface area contributed by atoms with Gasteiger partial charge in [0.15, 0.2) is 0 Å². The van der Waals surface area contributed by atoms with Gasteiger partial charge in [0.05, 0.1) is 5.92 Å². The molecule has 2 aromatic carbocycles. The molecule has 2 amide bonds. The number of fused-ring (bicyclic) bond motifs is 3. The third kappa shape index (κ3) is 6.02. The van der Waals surface area contributed by atoms with Gasteiger partial charge in [-0.3, -0.25) is 9.59 Å². The summed E-state index contributed by atoms with van der Waals surface area (Å²) in [5.41, 5.74) is 4.71. The quantitative estimate of drug-likeness (QED) is 0.434. The van der Waals surface area contributed by atoms with E-state index in [2.05, 4.69) is 34.9 Å². The third-order valence-electron chi connectivity index (χ3n) is 7.30. The summed E-state index contributed by atoms with van der Waals surface area (Å²) in [6, 6.07) is 16.3. The minimum atomic E-state index is -0.837. The van der Waals surface area contributed by atoms with E-state index in [4.69, 9.17) is 4.74 Å². The number of amides is 2. The zero-order chi connectivity index (χ0) is 24.8. The van der Waals surface area contributed by atoms with Crippen LogP contribution in [-0.4, -0.2) is 42.3 Å². The van der Waals surface area contributed by atoms with Gasteiger partial charge in [-0.15, -0.1) is 0 Å². The maximum Gasteiger partial charge on any atom is 0.407 e. The summed E-state index contributed by atoms with van der Waals surface area (Å²) in [7, 11) is 0. The second-order valence-corrected chi connectivity index (χ2v) is 9.70. The van der Waals surface area contributed by atoms with Gasteiger partial charge in [0.25, 0.3) is 0 Å². The highest BCUT2D eigenvalue weighted by molar-refractivity contribution is 5.79. The van der Waals surface area contributed by atoms with Crippen molar-refractivity contribution in [1.82, 2.24) is 10.6 Å². The average Bonchev–Trinajstić information content (AvgIpc) is 3.12. The number of nitrogens with one attached hydrogen (secondary N) is 2. The third-order valence-corrected chi connectivity index (χ3v) is 7.30. The SMILES string of the molecule is CC(CCCC(=O)NCC(C(=O)O)C1CCC1)NC(=O)OCC1c2ccccc2-c2ccccc21. The van der Waals surface area contributed by atoms with Gasteiger partial charge in [0, 0.05) is 24.9 Å². The highest BCUT2D eigenvalue weighted by Gasteiger charge is 2.32. The standard InChI is InChI=1S/C28H34N2O5/c1-18(8-6-15-26(31)29-16-24(27(32)33)19-9-7-10-19)30-28(34)35-17-25-22-13-4-2-11-20(22)21-12-3-5-14-23(21)25/h2-5,11-14,18-19,24-25H,6-10,15-17H2,1H3,(H,29,31)(H,30,34)(H,32,33). The molecule has 0 spiro atoms. The number of carboxylic acid groups (broad SMARTS) is 1. The summed E-state index contributed by atoms with van der Waals surface area (Å²) in [4.78, 5) is 35.9. The number of benzene rings is 2. The maximum atomic E-state index is 12.4. The number of hydrogen-bond acceptors (Lipinski definition) is 4. The number of hydrogen-bond donors (Lipinski definition) is 3. The Balaban J connectivity index is 1.16. The Bertz CT molecular complexity index is 1020. The average molecular weight is 479 g/mol. The predicted octanol–water partition coefficient (Wildman–Crippen LogP) is 4.70. The van der Waals surface area contributed by atoms with Crippen molar-refractivity contribution in [2.75, 3.05) is 13.2 Å². The second kappa shape index (κ2) is 11.4. The second-order valence-electron chi connectivity index (χ2n) is 9.70. The van der Waals surface area contributed by atoms with Crippen molar-refractivity contribution < 1.29 is 24.2 Å². The molecule has 35 heavy (non-hydrogen) atoms. The lowest BCUT2D eigenvalue weighted by Crippen LogP contribution is -2.39. The van der Waals surface area contributed by atoms with E-state index in [9.17, 15) is 19.5 Å². The molecule has 4 rings (SSSR count). The van der Waals surface area contributed by atoms with Gasteiger partial charge >= 0.3 is 12.1 Å². The zero-order valence-electron chi connectivity index (χ0n) is 20.2. The summed E-state index contributed by atoms with van der Waals surface area (Å²) in [6.07, 6.45) is 3.97. The fourth-order valence-corrected chi connectivity index (χ4v) is 5.09. The smallest absolute Gasteiger partial charge is 0.407 e. The van der Waals surface area contributed by atoms with Crippen molar-refractivity contribution in [1.29, 1.82) is 0 Å². The molecule has 186 valence electrons. The first-order valence-corrected chi connectivity index (χ1v) is 12.5. The molecule has 2 aliphatic carbocycles. The highest BCUT2D eigenvalue weighted by atomic mass is 16.5. The lowest BCUT2D eigenvalue weighted by molar-refractivity contribution is -0.144. The Hall–Kier alpha value is -3.35. The predicted molar refractivity (Wildman–Crippen MR) is 133 cm³/mol. The molecule has 2 aliphatic rings. The Kier molecular flexibility index (Phi) is 8.06. The Morgan fingerprint density at radius 3 is 2.23 bits per heavy atom. The van der Waals surface area contributed by atoms with Gasteiger partial charge in [-0.25, -0.2) is 4.79 Å². The topological polar surface area (TPSA) is 105 Å². The van der Waals surface area contributed by atoms with Gasteiger partial charge in [-0.1, -0.05) is 55.0 Å². The molecule has 2 aromatic rings. The van der Waals surface area contributed by atoms with Crippen LogP contribution in [0.1, 0.15) is 62.5 Å². The molecule has 7 heteroatoms. The molecule has 0 aromatic heterocycles. The molecule has 0 bridgehead atoms. The van der Waals surface area contributed by atoms with Crippen molar-refractivity contribution in [2.24, 2.45) is 11.8 Å². The van der Waals surface area contributed by atoms with E-state index in [0.29, 0.717) is 19.3 Å². The molecule has 3 N–H and O–H groups in total. The van der Waals surface area contributed by atoms with Crippen LogP contribution in [0.2, 0.25) is 0 Å². The Morgan fingerprint density at radius 1 is 1.03 bits per heavy atom. The zero-order valence-corrected chi connectivity index (χ0v) is 20.2. The van der Waals surface area contributed by atoms with E-state index in [0.717, 1.165) is 19.3 Å². The summed E-state index contributed by atoms with van der Waals surface area (Å²) in [5.74, 6) is -1.29. The summed E-state index contributed by atoms with van der Waals surface area (Å²) >= 11 is 0. The molecule has 1 fully saturated rings. The van der Waals surface area contributed by atoms with Crippen molar-refractivity contribution in [3.05, 3.63) is 59.7 Å². The molecule has 2 atom stereocenters. The lowest BCUT2D eigenvalue weighted by atomic mass is 9.76. The number of ether oxygens (including phenoxy) is 1. The van der Waals surface area contributed by atoms with Crippen LogP contribution in [0.25, 0.3) is 11.1 Å². The van der Waals surface area contributed by atoms with Crippen LogP contribution in [0.3, 0.4) is 0 Å². The molecule has 2 unspecified atom stereocenters. The van der Waals surface area contributed by atoms with E-state index < -0.39 is 18.0 Å². The summed E-state index contributed by atoms with van der Waals surface area (Å²) in [6.45, 7) is 2.34. The molecule has 0 heterocycles. The number of carbonyl (C=O) groups excluding carboxylic acids is 2. The van der Waals surface area contributed by atoms with Gasteiger partial charge in [0.1, 0.15) is 6.61 Å². The Labute approximate surface area is 206 Å².